The minimum absolute atomic E-state index is 0.155. The minimum atomic E-state index is -0.155. The fourth-order valence-electron chi connectivity index (χ4n) is 1.83. The first-order chi connectivity index (χ1) is 8.42. The van der Waals surface area contributed by atoms with E-state index >= 15 is 0 Å². The van der Waals surface area contributed by atoms with Gasteiger partial charge in [-0.2, -0.15) is 0 Å². The van der Waals surface area contributed by atoms with Crippen molar-refractivity contribution in [1.82, 2.24) is 0 Å². The van der Waals surface area contributed by atoms with Gasteiger partial charge in [-0.05, 0) is 0 Å². The molecule has 0 nitrogen and oxygen atoms in total. The van der Waals surface area contributed by atoms with E-state index in [4.69, 9.17) is 0 Å². The number of benzene rings is 2. The summed E-state index contributed by atoms with van der Waals surface area (Å²) >= 11 is 0.0995. The molecule has 0 saturated heterocycles. The van der Waals surface area contributed by atoms with Crippen molar-refractivity contribution in [3.05, 3.63) is 60.2 Å². The standard InChI is InChI=1S/C15H12As2/c1-2-6-13(7-3-1)17-14-9-8-12-5-4-10-16-15(12)11-14/h1-11,17H. The summed E-state index contributed by atoms with van der Waals surface area (Å²) in [5.74, 6) is 0. The van der Waals surface area contributed by atoms with Crippen LogP contribution in [0.3, 0.4) is 0 Å². The molecule has 1 aliphatic heterocycles. The van der Waals surface area contributed by atoms with Gasteiger partial charge in [0, 0.05) is 0 Å². The monoisotopic (exact) mass is 342 g/mol. The molecule has 17 heavy (non-hydrogen) atoms. The summed E-state index contributed by atoms with van der Waals surface area (Å²) in [5.41, 5.74) is 1.43. The summed E-state index contributed by atoms with van der Waals surface area (Å²) in [4.78, 5) is 2.32. The third-order valence-electron chi connectivity index (χ3n) is 2.67. The number of hydrogen-bond acceptors (Lipinski definition) is 0. The molecule has 2 aromatic carbocycles. The van der Waals surface area contributed by atoms with Crippen molar-refractivity contribution in [3.63, 3.8) is 0 Å². The predicted octanol–water partition coefficient (Wildman–Crippen LogP) is 0.232. The average molecular weight is 342 g/mol. The third kappa shape index (κ3) is 2.71. The van der Waals surface area contributed by atoms with E-state index in [1.165, 1.54) is 9.91 Å². The maximum atomic E-state index is 2.43. The second-order valence-corrected chi connectivity index (χ2v) is 9.03. The van der Waals surface area contributed by atoms with Gasteiger partial charge in [-0.1, -0.05) is 0 Å². The van der Waals surface area contributed by atoms with Gasteiger partial charge in [0.2, 0.25) is 0 Å². The summed E-state index contributed by atoms with van der Waals surface area (Å²) in [5, 5.41) is 0. The van der Waals surface area contributed by atoms with Crippen LogP contribution >= 0.6 is 0 Å². The number of rotatable bonds is 2. The Hall–Kier alpha value is -0.833. The van der Waals surface area contributed by atoms with Crippen LogP contribution in [0, 0.1) is 0 Å². The zero-order valence-electron chi connectivity index (χ0n) is 9.30. The molecule has 0 aromatic heterocycles. The Morgan fingerprint density at radius 2 is 1.76 bits per heavy atom. The molecule has 1 atom stereocenters. The fourth-order valence-corrected chi connectivity index (χ4v) is 6.41. The molecule has 1 heterocycles. The van der Waals surface area contributed by atoms with Crippen LogP contribution in [-0.4, -0.2) is 35.9 Å². The molecule has 0 saturated carbocycles. The van der Waals surface area contributed by atoms with Crippen molar-refractivity contribution in [3.8, 4) is 0 Å². The van der Waals surface area contributed by atoms with Crippen LogP contribution in [0.1, 0.15) is 5.56 Å². The molecular weight excluding hydrogens is 330 g/mol. The van der Waals surface area contributed by atoms with Gasteiger partial charge in [-0.25, -0.2) is 0 Å². The summed E-state index contributed by atoms with van der Waals surface area (Å²) < 4.78 is 4.63. The van der Waals surface area contributed by atoms with Crippen molar-refractivity contribution in [1.29, 1.82) is 0 Å². The van der Waals surface area contributed by atoms with E-state index in [-0.39, 0.29) is 31.1 Å². The van der Waals surface area contributed by atoms with Crippen LogP contribution in [-0.2, 0) is 0 Å². The Bertz CT molecular complexity index is 583. The van der Waals surface area contributed by atoms with E-state index < -0.39 is 0 Å². The molecule has 82 valence electrons. The van der Waals surface area contributed by atoms with Crippen LogP contribution < -0.4 is 13.1 Å². The predicted molar refractivity (Wildman–Crippen MR) is 79.8 cm³/mol. The van der Waals surface area contributed by atoms with Gasteiger partial charge in [0.15, 0.2) is 0 Å². The second kappa shape index (κ2) is 5.21. The van der Waals surface area contributed by atoms with E-state index in [9.17, 15) is 0 Å². The van der Waals surface area contributed by atoms with E-state index in [0.717, 1.165) is 0 Å². The van der Waals surface area contributed by atoms with Crippen LogP contribution in [0.15, 0.2) is 54.6 Å². The Kier molecular flexibility index (Phi) is 3.45. The van der Waals surface area contributed by atoms with E-state index in [2.05, 4.69) is 65.5 Å². The number of hydrogen-bond donors (Lipinski definition) is 0. The fraction of sp³-hybridized carbons (Fsp3) is 0. The molecule has 1 aliphatic rings. The quantitative estimate of drug-likeness (QED) is 0.686. The zero-order valence-corrected chi connectivity index (χ0v) is 13.3. The molecule has 3 rings (SSSR count). The van der Waals surface area contributed by atoms with Crippen molar-refractivity contribution in [2.75, 3.05) is 0 Å². The van der Waals surface area contributed by atoms with Gasteiger partial charge in [0.25, 0.3) is 0 Å². The number of fused-ring (bicyclic) bond motifs is 1. The Morgan fingerprint density at radius 1 is 0.882 bits per heavy atom. The topological polar surface area (TPSA) is 0 Å². The molecule has 0 amide bonds. The van der Waals surface area contributed by atoms with Gasteiger partial charge in [0.1, 0.15) is 0 Å². The molecular formula is C15H12As2. The zero-order chi connectivity index (χ0) is 11.5. The SMILES string of the molecule is C1=Cc2ccc([AsH]c3ccccc3)cc2[As]=C1. The first kappa shape index (κ1) is 11.3. The first-order valence-electron chi connectivity index (χ1n) is 5.59. The molecule has 0 aliphatic carbocycles. The van der Waals surface area contributed by atoms with Crippen molar-refractivity contribution < 1.29 is 0 Å². The van der Waals surface area contributed by atoms with E-state index in [0.29, 0.717) is 0 Å². The molecule has 0 fully saturated rings. The van der Waals surface area contributed by atoms with Crippen molar-refractivity contribution in [2.45, 2.75) is 0 Å². The van der Waals surface area contributed by atoms with Crippen LogP contribution in [0.2, 0.25) is 0 Å². The van der Waals surface area contributed by atoms with Crippen molar-refractivity contribution >= 4 is 55.0 Å². The molecule has 0 spiro atoms. The van der Waals surface area contributed by atoms with Crippen LogP contribution in [0.25, 0.3) is 6.08 Å². The van der Waals surface area contributed by atoms with E-state index in [1.807, 2.05) is 0 Å². The summed E-state index contributed by atoms with van der Waals surface area (Å²) in [7, 11) is 0. The van der Waals surface area contributed by atoms with Gasteiger partial charge in [-0.3, -0.25) is 0 Å². The van der Waals surface area contributed by atoms with E-state index in [1.54, 1.807) is 8.70 Å². The van der Waals surface area contributed by atoms with Gasteiger partial charge < -0.3 is 0 Å². The number of allylic oxidation sites excluding steroid dienone is 1. The molecule has 2 heteroatoms. The Morgan fingerprint density at radius 3 is 2.65 bits per heavy atom. The normalized spacial score (nSPS) is 14.1. The third-order valence-corrected chi connectivity index (χ3v) is 7.30. The van der Waals surface area contributed by atoms with Gasteiger partial charge in [0.05, 0.1) is 0 Å². The Labute approximate surface area is 115 Å². The van der Waals surface area contributed by atoms with Crippen LogP contribution in [0.4, 0.5) is 0 Å². The summed E-state index contributed by atoms with van der Waals surface area (Å²) in [6, 6.07) is 17.9. The molecule has 1 unspecified atom stereocenters. The molecule has 2 aromatic rings. The Balaban J connectivity index is 1.90. The second-order valence-electron chi connectivity index (χ2n) is 3.90. The van der Waals surface area contributed by atoms with Gasteiger partial charge in [-0.15, -0.1) is 0 Å². The van der Waals surface area contributed by atoms with Crippen molar-refractivity contribution in [2.24, 2.45) is 0 Å². The summed E-state index contributed by atoms with van der Waals surface area (Å²) in [6.45, 7) is 0. The molecule has 0 N–H and O–H groups in total. The average Bonchev–Trinajstić information content (AvgIpc) is 2.40. The summed E-state index contributed by atoms with van der Waals surface area (Å²) in [6.07, 6.45) is 4.41. The molecule has 0 bridgehead atoms. The van der Waals surface area contributed by atoms with Gasteiger partial charge >= 0.3 is 115 Å². The van der Waals surface area contributed by atoms with Crippen LogP contribution in [0.5, 0.6) is 0 Å². The molecule has 0 radical (unpaired) electrons. The first-order valence-corrected chi connectivity index (χ1v) is 9.71. The maximum absolute atomic E-state index is 2.43.